The minimum atomic E-state index is -3.68. The second-order valence-electron chi connectivity index (χ2n) is 14.9. The molecule has 14 heteroatoms. The predicted octanol–water partition coefficient (Wildman–Crippen LogP) is 5.77. The molecule has 1 spiro atoms. The van der Waals surface area contributed by atoms with Crippen molar-refractivity contribution in [2.45, 2.75) is 56.7 Å². The number of carbonyl (C=O) groups excluding carboxylic acids is 2. The number of hydrogen-bond donors (Lipinski definition) is 1. The minimum absolute atomic E-state index is 0.0654. The van der Waals surface area contributed by atoms with E-state index in [-0.39, 0.29) is 52.2 Å². The molecule has 53 heavy (non-hydrogen) atoms. The van der Waals surface area contributed by atoms with Crippen molar-refractivity contribution < 1.29 is 32.7 Å². The van der Waals surface area contributed by atoms with E-state index in [0.717, 1.165) is 49.4 Å². The van der Waals surface area contributed by atoms with E-state index in [1.54, 1.807) is 33.4 Å². The average molecular weight is 766 g/mol. The third-order valence-electron chi connectivity index (χ3n) is 11.3. The van der Waals surface area contributed by atoms with Gasteiger partial charge in [-0.25, -0.2) is 4.21 Å². The highest BCUT2D eigenvalue weighted by Gasteiger charge is 2.45. The number of anilines is 1. The number of benzene rings is 2. The first-order chi connectivity index (χ1) is 25.4. The second kappa shape index (κ2) is 15.1. The maximum Gasteiger partial charge on any atom is 0.286 e. The van der Waals surface area contributed by atoms with E-state index in [1.807, 2.05) is 31.2 Å². The quantitative estimate of drug-likeness (QED) is 0.322. The Labute approximate surface area is 316 Å². The van der Waals surface area contributed by atoms with Gasteiger partial charge in [-0.3, -0.25) is 19.0 Å². The van der Waals surface area contributed by atoms with Gasteiger partial charge in [0.15, 0.2) is 0 Å². The van der Waals surface area contributed by atoms with Gasteiger partial charge in [-0.05, 0) is 91.3 Å². The lowest BCUT2D eigenvalue weighted by atomic mass is 9.67. The highest BCUT2D eigenvalue weighted by atomic mass is 35.5. The summed E-state index contributed by atoms with van der Waals surface area (Å²) >= 11 is 6.47. The SMILES string of the molecule is COc1nn(C)cc1C(=O)N[S@@]1(=O)=NC(=O)c2ccc3c(c2)N(C[C@@H]2CC[C@H]2[C@H](OC)[C@@H](OC)/C=C\[C@H](C)C1)C[C@@]1(CCCc2cc(Cl)ccc21)CO3. The predicted molar refractivity (Wildman–Crippen MR) is 203 cm³/mol. The largest absolute Gasteiger partial charge is 0.490 e. The Balaban J connectivity index is 1.33. The Morgan fingerprint density at radius 3 is 2.68 bits per heavy atom. The maximum absolute atomic E-state index is 14.7. The van der Waals surface area contributed by atoms with Gasteiger partial charge in [-0.1, -0.05) is 36.7 Å². The lowest BCUT2D eigenvalue weighted by Gasteiger charge is -2.47. The lowest BCUT2D eigenvalue weighted by molar-refractivity contribution is -0.0827. The van der Waals surface area contributed by atoms with Crippen molar-refractivity contribution in [3.63, 3.8) is 0 Å². The summed E-state index contributed by atoms with van der Waals surface area (Å²) in [5.74, 6) is -0.655. The van der Waals surface area contributed by atoms with E-state index in [2.05, 4.69) is 31.2 Å². The van der Waals surface area contributed by atoms with E-state index in [9.17, 15) is 13.8 Å². The van der Waals surface area contributed by atoms with Crippen LogP contribution in [0.4, 0.5) is 5.69 Å². The van der Waals surface area contributed by atoms with Gasteiger partial charge >= 0.3 is 0 Å². The first-order valence-electron chi connectivity index (χ1n) is 18.2. The van der Waals surface area contributed by atoms with Crippen LogP contribution >= 0.6 is 11.6 Å². The number of hydrogen-bond acceptors (Lipinski definition) is 9. The summed E-state index contributed by atoms with van der Waals surface area (Å²) in [5, 5.41) is 4.87. The molecule has 4 aliphatic rings. The summed E-state index contributed by atoms with van der Waals surface area (Å²) < 4.78 is 47.0. The summed E-state index contributed by atoms with van der Waals surface area (Å²) in [4.78, 5) is 30.0. The van der Waals surface area contributed by atoms with Gasteiger partial charge in [-0.2, -0.15) is 0 Å². The highest BCUT2D eigenvalue weighted by molar-refractivity contribution is 7.92. The third-order valence-corrected chi connectivity index (χ3v) is 13.5. The zero-order valence-corrected chi connectivity index (χ0v) is 32.5. The number of nitrogens with one attached hydrogen (secondary N) is 1. The molecular formula is C39H48ClN5O7S. The van der Waals surface area contributed by atoms with Gasteiger partial charge in [-0.15, -0.1) is 9.46 Å². The van der Waals surface area contributed by atoms with Gasteiger partial charge in [0.25, 0.3) is 11.8 Å². The Morgan fingerprint density at radius 2 is 1.94 bits per heavy atom. The van der Waals surface area contributed by atoms with Gasteiger partial charge in [0.1, 0.15) is 27.3 Å². The van der Waals surface area contributed by atoms with Crippen molar-refractivity contribution in [3.05, 3.63) is 82.0 Å². The second-order valence-corrected chi connectivity index (χ2v) is 17.3. The van der Waals surface area contributed by atoms with Crippen molar-refractivity contribution in [2.24, 2.45) is 29.2 Å². The Morgan fingerprint density at radius 1 is 1.11 bits per heavy atom. The number of ether oxygens (including phenoxy) is 4. The van der Waals surface area contributed by atoms with Crippen LogP contribution < -0.4 is 19.1 Å². The fraction of sp³-hybridized carbons (Fsp3) is 0.513. The fourth-order valence-electron chi connectivity index (χ4n) is 8.63. The van der Waals surface area contributed by atoms with Gasteiger partial charge in [0.05, 0.1) is 31.3 Å². The number of fused-ring (bicyclic) bond motifs is 4. The molecule has 7 atom stereocenters. The number of halogens is 1. The van der Waals surface area contributed by atoms with E-state index < -0.39 is 21.7 Å². The van der Waals surface area contributed by atoms with E-state index in [1.165, 1.54) is 29.1 Å². The number of methoxy groups -OCH3 is 3. The molecule has 2 aliphatic heterocycles. The molecule has 12 nitrogen and oxygen atoms in total. The molecule has 1 saturated carbocycles. The summed E-state index contributed by atoms with van der Waals surface area (Å²) in [6.07, 6.45) is 9.64. The van der Waals surface area contributed by atoms with Crippen LogP contribution in [0, 0.1) is 17.8 Å². The molecule has 284 valence electrons. The normalized spacial score (nSPS) is 30.5. The molecule has 7 rings (SSSR count). The molecule has 2 amide bonds. The summed E-state index contributed by atoms with van der Waals surface area (Å²) in [6, 6.07) is 11.4. The zero-order chi connectivity index (χ0) is 37.5. The average Bonchev–Trinajstić information content (AvgIpc) is 3.44. The summed E-state index contributed by atoms with van der Waals surface area (Å²) in [5.41, 5.74) is 3.30. The summed E-state index contributed by atoms with van der Waals surface area (Å²) in [6.45, 7) is 3.73. The van der Waals surface area contributed by atoms with Crippen LogP contribution in [0.3, 0.4) is 0 Å². The molecule has 3 aromatic rings. The summed E-state index contributed by atoms with van der Waals surface area (Å²) in [7, 11) is 2.75. The highest BCUT2D eigenvalue weighted by Crippen LogP contribution is 2.47. The smallest absolute Gasteiger partial charge is 0.286 e. The van der Waals surface area contributed by atoms with Crippen LogP contribution in [0.1, 0.15) is 64.4 Å². The van der Waals surface area contributed by atoms with Gasteiger partial charge < -0.3 is 23.8 Å². The van der Waals surface area contributed by atoms with Crippen molar-refractivity contribution in [1.29, 1.82) is 0 Å². The molecule has 0 radical (unpaired) electrons. The Hall–Kier alpha value is -3.91. The van der Waals surface area contributed by atoms with Crippen LogP contribution in [-0.4, -0.2) is 84.8 Å². The van der Waals surface area contributed by atoms with Crippen LogP contribution in [0.5, 0.6) is 11.6 Å². The first kappa shape index (κ1) is 37.4. The first-order valence-corrected chi connectivity index (χ1v) is 20.2. The molecule has 0 saturated heterocycles. The fourth-order valence-corrected chi connectivity index (χ4v) is 10.6. The number of rotatable bonds is 5. The van der Waals surface area contributed by atoms with Gasteiger partial charge in [0, 0.05) is 56.6 Å². The standard InChI is InChI=1S/C39H48ClN5O7S/c1-24-8-14-34(49-3)35(50-4)29-12-9-27(29)19-45-22-39(16-6-7-25-17-28(40)11-13-31(25)39)23-52-33-15-10-26(18-32(33)45)36(46)42-53(48,21-24)43-37(47)30-20-44(2)41-38(30)51-5/h8,10-11,13-15,17-18,20,24,27,29,34-35H,6-7,9,12,16,19,21-23H2,1-5H3,(H,42,43,46,47,48)/b14-8-/t24-,27-,29+,34-,35-,39-,53-/m0/s1. The van der Waals surface area contributed by atoms with Crippen LogP contribution in [0.2, 0.25) is 5.02 Å². The maximum atomic E-state index is 14.7. The molecule has 2 aliphatic carbocycles. The minimum Gasteiger partial charge on any atom is -0.490 e. The number of amides is 2. The number of nitrogens with zero attached hydrogens (tertiary/aromatic N) is 4. The zero-order valence-electron chi connectivity index (χ0n) is 30.9. The van der Waals surface area contributed by atoms with Crippen molar-refractivity contribution >= 4 is 39.0 Å². The topological polar surface area (TPSA) is 134 Å². The van der Waals surface area contributed by atoms with E-state index >= 15 is 0 Å². The monoisotopic (exact) mass is 765 g/mol. The molecule has 1 aromatic heterocycles. The number of allylic oxidation sites excluding steroid dienone is 1. The van der Waals surface area contributed by atoms with Crippen LogP contribution in [0.25, 0.3) is 0 Å². The number of carbonyl (C=O) groups is 2. The molecule has 3 heterocycles. The molecule has 2 aromatic carbocycles. The molecular weight excluding hydrogens is 718 g/mol. The molecule has 0 unspecified atom stereocenters. The van der Waals surface area contributed by atoms with Crippen molar-refractivity contribution in [1.82, 2.24) is 14.5 Å². The lowest BCUT2D eigenvalue weighted by Crippen LogP contribution is -2.51. The van der Waals surface area contributed by atoms with E-state index in [0.29, 0.717) is 24.8 Å². The third kappa shape index (κ3) is 7.45. The van der Waals surface area contributed by atoms with Crippen molar-refractivity contribution in [3.8, 4) is 11.6 Å². The number of aryl methyl sites for hydroxylation is 2. The molecule has 1 fully saturated rings. The van der Waals surface area contributed by atoms with Gasteiger partial charge in [0.2, 0.25) is 5.88 Å². The van der Waals surface area contributed by atoms with Crippen LogP contribution in [0.15, 0.2) is 59.1 Å². The van der Waals surface area contributed by atoms with Crippen LogP contribution in [-0.2, 0) is 38.3 Å². The Kier molecular flexibility index (Phi) is 10.6. The molecule has 1 N–H and O–H groups in total. The van der Waals surface area contributed by atoms with Crippen molar-refractivity contribution in [2.75, 3.05) is 51.7 Å². The number of aromatic nitrogens is 2. The molecule has 2 bridgehead atoms. The van der Waals surface area contributed by atoms with E-state index in [4.69, 9.17) is 30.5 Å². The Bertz CT molecular complexity index is 2040.